The number of carbonyl (C=O) groups excluding carboxylic acids is 2. The standard InChI is InChI=1S/C19H16ClN3O3S/c1-11-4-2-3-5-14(11)22-17(24)10-26-15-7-6-13(20)8-12(15)9-16-18(25)23-19(21)27-16/h2-9H,10H2,1H3,(H,22,24)(H2,21,23,25)/b16-9-. The van der Waals surface area contributed by atoms with Crippen molar-refractivity contribution in [2.24, 2.45) is 10.7 Å². The van der Waals surface area contributed by atoms with Crippen molar-refractivity contribution in [3.63, 3.8) is 0 Å². The van der Waals surface area contributed by atoms with Gasteiger partial charge in [-0.15, -0.1) is 0 Å². The predicted octanol–water partition coefficient (Wildman–Crippen LogP) is 3.59. The zero-order chi connectivity index (χ0) is 19.4. The van der Waals surface area contributed by atoms with Crippen molar-refractivity contribution in [1.82, 2.24) is 0 Å². The van der Waals surface area contributed by atoms with E-state index in [1.54, 1.807) is 24.3 Å². The van der Waals surface area contributed by atoms with E-state index in [0.29, 0.717) is 21.2 Å². The van der Waals surface area contributed by atoms with Crippen LogP contribution in [0.15, 0.2) is 52.4 Å². The molecule has 0 saturated heterocycles. The smallest absolute Gasteiger partial charge is 0.286 e. The van der Waals surface area contributed by atoms with Gasteiger partial charge in [-0.3, -0.25) is 9.59 Å². The Balaban J connectivity index is 1.72. The highest BCUT2D eigenvalue weighted by molar-refractivity contribution is 8.18. The van der Waals surface area contributed by atoms with Gasteiger partial charge < -0.3 is 15.8 Å². The highest BCUT2D eigenvalue weighted by Crippen LogP contribution is 2.31. The van der Waals surface area contributed by atoms with E-state index in [1.807, 2.05) is 31.2 Å². The maximum atomic E-state index is 12.2. The van der Waals surface area contributed by atoms with Gasteiger partial charge in [-0.2, -0.15) is 4.99 Å². The number of benzene rings is 2. The minimum Gasteiger partial charge on any atom is -0.483 e. The van der Waals surface area contributed by atoms with Crippen LogP contribution in [0, 0.1) is 6.92 Å². The Morgan fingerprint density at radius 1 is 1.33 bits per heavy atom. The molecule has 0 aliphatic carbocycles. The fourth-order valence-corrected chi connectivity index (χ4v) is 3.23. The Bertz CT molecular complexity index is 972. The number of hydrogen-bond acceptors (Lipinski definition) is 5. The predicted molar refractivity (Wildman–Crippen MR) is 109 cm³/mol. The number of para-hydroxylation sites is 1. The first kappa shape index (κ1) is 19.0. The van der Waals surface area contributed by atoms with Gasteiger partial charge in [0.1, 0.15) is 5.75 Å². The average molecular weight is 402 g/mol. The maximum Gasteiger partial charge on any atom is 0.286 e. The Morgan fingerprint density at radius 3 is 2.81 bits per heavy atom. The van der Waals surface area contributed by atoms with E-state index in [2.05, 4.69) is 10.3 Å². The fourth-order valence-electron chi connectivity index (χ4n) is 2.37. The number of rotatable bonds is 5. The molecule has 2 amide bonds. The van der Waals surface area contributed by atoms with Crippen LogP contribution in [-0.4, -0.2) is 23.6 Å². The summed E-state index contributed by atoms with van der Waals surface area (Å²) in [4.78, 5) is 28.0. The number of aryl methyl sites for hydroxylation is 1. The van der Waals surface area contributed by atoms with Crippen molar-refractivity contribution in [3.8, 4) is 5.75 Å². The normalized spacial score (nSPS) is 15.0. The second-order valence-electron chi connectivity index (χ2n) is 5.70. The van der Waals surface area contributed by atoms with Crippen LogP contribution < -0.4 is 15.8 Å². The lowest BCUT2D eigenvalue weighted by Gasteiger charge is -2.11. The van der Waals surface area contributed by atoms with Gasteiger partial charge in [0.15, 0.2) is 11.8 Å². The quantitative estimate of drug-likeness (QED) is 0.746. The van der Waals surface area contributed by atoms with Crippen molar-refractivity contribution in [3.05, 3.63) is 63.5 Å². The molecule has 0 aromatic heterocycles. The number of amides is 2. The van der Waals surface area contributed by atoms with Gasteiger partial charge in [0.25, 0.3) is 11.8 Å². The van der Waals surface area contributed by atoms with Crippen molar-refractivity contribution in [2.75, 3.05) is 11.9 Å². The molecule has 3 rings (SSSR count). The lowest BCUT2D eigenvalue weighted by Crippen LogP contribution is -2.20. The molecular formula is C19H16ClN3O3S. The van der Waals surface area contributed by atoms with Crippen molar-refractivity contribution < 1.29 is 14.3 Å². The number of ether oxygens (including phenoxy) is 1. The third kappa shape index (κ3) is 4.90. The zero-order valence-electron chi connectivity index (χ0n) is 14.4. The van der Waals surface area contributed by atoms with E-state index in [0.717, 1.165) is 23.0 Å². The minimum atomic E-state index is -0.416. The monoisotopic (exact) mass is 401 g/mol. The molecule has 0 saturated carbocycles. The number of anilines is 1. The lowest BCUT2D eigenvalue weighted by molar-refractivity contribution is -0.118. The van der Waals surface area contributed by atoms with Gasteiger partial charge in [-0.25, -0.2) is 0 Å². The van der Waals surface area contributed by atoms with Crippen LogP contribution in [0.5, 0.6) is 5.75 Å². The summed E-state index contributed by atoms with van der Waals surface area (Å²) in [6.45, 7) is 1.72. The highest BCUT2D eigenvalue weighted by atomic mass is 35.5. The molecule has 2 aromatic carbocycles. The number of amidine groups is 1. The molecule has 1 heterocycles. The summed E-state index contributed by atoms with van der Waals surface area (Å²) in [5.74, 6) is -0.289. The summed E-state index contributed by atoms with van der Waals surface area (Å²) in [5, 5.41) is 3.46. The van der Waals surface area contributed by atoms with Crippen molar-refractivity contribution >= 4 is 52.1 Å². The molecule has 138 valence electrons. The Morgan fingerprint density at radius 2 is 2.11 bits per heavy atom. The first-order chi connectivity index (χ1) is 12.9. The fraction of sp³-hybridized carbons (Fsp3) is 0.105. The number of carbonyl (C=O) groups is 2. The summed E-state index contributed by atoms with van der Waals surface area (Å²) in [6, 6.07) is 12.4. The van der Waals surface area contributed by atoms with Crippen LogP contribution in [0.2, 0.25) is 5.02 Å². The average Bonchev–Trinajstić information content (AvgIpc) is 2.93. The van der Waals surface area contributed by atoms with E-state index in [9.17, 15) is 9.59 Å². The Hall–Kier alpha value is -2.77. The number of nitrogens with zero attached hydrogens (tertiary/aromatic N) is 1. The molecule has 0 bridgehead atoms. The Labute approximate surface area is 165 Å². The van der Waals surface area contributed by atoms with Crippen LogP contribution in [0.4, 0.5) is 5.69 Å². The van der Waals surface area contributed by atoms with Gasteiger partial charge in [-0.05, 0) is 54.6 Å². The zero-order valence-corrected chi connectivity index (χ0v) is 15.9. The molecular weight excluding hydrogens is 386 g/mol. The van der Waals surface area contributed by atoms with Gasteiger partial charge in [0.05, 0.1) is 4.91 Å². The van der Waals surface area contributed by atoms with E-state index in [1.165, 1.54) is 0 Å². The molecule has 1 aliphatic heterocycles. The van der Waals surface area contributed by atoms with Crippen LogP contribution in [-0.2, 0) is 9.59 Å². The van der Waals surface area contributed by atoms with Gasteiger partial charge >= 0.3 is 0 Å². The van der Waals surface area contributed by atoms with E-state index in [-0.39, 0.29) is 17.7 Å². The number of nitrogens with one attached hydrogen (secondary N) is 1. The SMILES string of the molecule is Cc1ccccc1NC(=O)COc1ccc(Cl)cc1/C=C1\SC(N)=NC1=O. The number of hydrogen-bond donors (Lipinski definition) is 2. The molecule has 0 fully saturated rings. The molecule has 2 aromatic rings. The van der Waals surface area contributed by atoms with Crippen LogP contribution in [0.25, 0.3) is 6.08 Å². The third-order valence-corrected chi connectivity index (χ3v) is 4.72. The number of thioether (sulfide) groups is 1. The van der Waals surface area contributed by atoms with Gasteiger partial charge in [0.2, 0.25) is 0 Å². The highest BCUT2D eigenvalue weighted by Gasteiger charge is 2.20. The van der Waals surface area contributed by atoms with Crippen LogP contribution in [0.1, 0.15) is 11.1 Å². The summed E-state index contributed by atoms with van der Waals surface area (Å²) in [7, 11) is 0. The second-order valence-corrected chi connectivity index (χ2v) is 7.20. The topological polar surface area (TPSA) is 93.8 Å². The molecule has 3 N–H and O–H groups in total. The Kier molecular flexibility index (Phi) is 5.83. The molecule has 1 aliphatic rings. The molecule has 0 radical (unpaired) electrons. The first-order valence-corrected chi connectivity index (χ1v) is 9.17. The lowest BCUT2D eigenvalue weighted by atomic mass is 10.2. The molecule has 0 unspecified atom stereocenters. The third-order valence-electron chi connectivity index (χ3n) is 3.67. The van der Waals surface area contributed by atoms with E-state index in [4.69, 9.17) is 22.1 Å². The number of nitrogens with two attached hydrogens (primary N) is 1. The molecule has 8 heteroatoms. The largest absolute Gasteiger partial charge is 0.483 e. The van der Waals surface area contributed by atoms with Crippen LogP contribution in [0.3, 0.4) is 0 Å². The van der Waals surface area contributed by atoms with Gasteiger partial charge in [-0.1, -0.05) is 29.8 Å². The van der Waals surface area contributed by atoms with Crippen LogP contribution >= 0.6 is 23.4 Å². The number of halogens is 1. The molecule has 0 spiro atoms. The van der Waals surface area contributed by atoms with E-state index < -0.39 is 5.91 Å². The number of aliphatic imine (C=N–C) groups is 1. The van der Waals surface area contributed by atoms with Crippen molar-refractivity contribution in [1.29, 1.82) is 0 Å². The second kappa shape index (κ2) is 8.28. The van der Waals surface area contributed by atoms with E-state index >= 15 is 0 Å². The summed E-state index contributed by atoms with van der Waals surface area (Å²) >= 11 is 7.12. The molecule has 27 heavy (non-hydrogen) atoms. The summed E-state index contributed by atoms with van der Waals surface area (Å²) in [6.07, 6.45) is 1.59. The maximum absolute atomic E-state index is 12.2. The molecule has 6 nitrogen and oxygen atoms in total. The van der Waals surface area contributed by atoms with Gasteiger partial charge in [0, 0.05) is 16.3 Å². The molecule has 0 atom stereocenters. The summed E-state index contributed by atoms with van der Waals surface area (Å²) < 4.78 is 5.63. The first-order valence-electron chi connectivity index (χ1n) is 7.98. The minimum absolute atomic E-state index is 0.188. The van der Waals surface area contributed by atoms with Crippen molar-refractivity contribution in [2.45, 2.75) is 6.92 Å². The summed E-state index contributed by atoms with van der Waals surface area (Å²) in [5.41, 5.74) is 7.81.